The molecule has 0 aliphatic carbocycles. The van der Waals surface area contributed by atoms with Gasteiger partial charge in [-0.25, -0.2) is 4.39 Å². The van der Waals surface area contributed by atoms with Gasteiger partial charge in [-0.3, -0.25) is 9.78 Å². The summed E-state index contributed by atoms with van der Waals surface area (Å²) in [7, 11) is 0. The number of morpholine rings is 1. The van der Waals surface area contributed by atoms with Gasteiger partial charge in [0.05, 0.1) is 31.0 Å². The first-order chi connectivity index (χ1) is 8.22. The highest BCUT2D eigenvalue weighted by molar-refractivity contribution is 5.94. The summed E-state index contributed by atoms with van der Waals surface area (Å²) in [6.45, 7) is 0.812. The maximum Gasteiger partial charge on any atom is 0.257 e. The summed E-state index contributed by atoms with van der Waals surface area (Å²) < 4.78 is 18.5. The number of hydrogen-bond donors (Lipinski definition) is 0. The number of carbonyl (C=O) groups excluding carboxylic acids is 1. The van der Waals surface area contributed by atoms with Gasteiger partial charge in [0.1, 0.15) is 0 Å². The van der Waals surface area contributed by atoms with E-state index in [-0.39, 0.29) is 18.7 Å². The summed E-state index contributed by atoms with van der Waals surface area (Å²) in [4.78, 5) is 17.0. The summed E-state index contributed by atoms with van der Waals surface area (Å²) in [5.41, 5.74) is -0.0291. The molecule has 1 aliphatic rings. The molecule has 1 amide bonds. The molecule has 1 fully saturated rings. The highest BCUT2D eigenvalue weighted by Crippen LogP contribution is 2.12. The molecule has 1 saturated heterocycles. The van der Waals surface area contributed by atoms with E-state index in [1.807, 2.05) is 6.07 Å². The average Bonchev–Trinajstić information content (AvgIpc) is 2.38. The molecule has 5 nitrogen and oxygen atoms in total. The summed E-state index contributed by atoms with van der Waals surface area (Å²) in [6.07, 6.45) is 1.71. The molecule has 2 heterocycles. The van der Waals surface area contributed by atoms with Crippen LogP contribution in [0.3, 0.4) is 0 Å². The second-order valence-corrected chi connectivity index (χ2v) is 3.60. The van der Waals surface area contributed by atoms with Crippen molar-refractivity contribution < 1.29 is 13.9 Å². The fourth-order valence-electron chi connectivity index (χ4n) is 1.63. The monoisotopic (exact) mass is 235 g/mol. The zero-order valence-corrected chi connectivity index (χ0v) is 8.97. The molecule has 0 spiro atoms. The number of nitrogens with zero attached hydrogens (tertiary/aromatic N) is 3. The second-order valence-electron chi connectivity index (χ2n) is 3.60. The van der Waals surface area contributed by atoms with Gasteiger partial charge in [0.15, 0.2) is 11.9 Å². The number of carbonyl (C=O) groups is 1. The minimum Gasteiger partial charge on any atom is -0.360 e. The molecule has 0 bridgehead atoms. The van der Waals surface area contributed by atoms with Crippen molar-refractivity contribution in [3.05, 3.63) is 29.8 Å². The number of rotatable bonds is 1. The van der Waals surface area contributed by atoms with E-state index in [9.17, 15) is 9.18 Å². The lowest BCUT2D eigenvalue weighted by Crippen LogP contribution is -2.45. The van der Waals surface area contributed by atoms with Gasteiger partial charge in [0.2, 0.25) is 0 Å². The van der Waals surface area contributed by atoms with E-state index in [2.05, 4.69) is 4.98 Å². The van der Waals surface area contributed by atoms with Crippen LogP contribution in [0.25, 0.3) is 0 Å². The summed E-state index contributed by atoms with van der Waals surface area (Å²) >= 11 is 0. The Morgan fingerprint density at radius 2 is 2.53 bits per heavy atom. The van der Waals surface area contributed by atoms with Gasteiger partial charge in [-0.05, 0) is 6.07 Å². The van der Waals surface area contributed by atoms with E-state index in [0.29, 0.717) is 6.54 Å². The van der Waals surface area contributed by atoms with Crippen molar-refractivity contribution in [1.29, 1.82) is 5.26 Å². The van der Waals surface area contributed by atoms with Gasteiger partial charge in [0.25, 0.3) is 5.91 Å². The molecule has 1 aliphatic heterocycles. The molecule has 2 rings (SSSR count). The number of nitriles is 1. The van der Waals surface area contributed by atoms with Gasteiger partial charge >= 0.3 is 0 Å². The number of ether oxygens (including phenoxy) is 1. The van der Waals surface area contributed by atoms with Gasteiger partial charge in [-0.2, -0.15) is 5.26 Å². The Kier molecular flexibility index (Phi) is 3.30. The molecular formula is C11H10FN3O2. The topological polar surface area (TPSA) is 66.2 Å². The molecular weight excluding hydrogens is 225 g/mol. The minimum atomic E-state index is -0.655. The van der Waals surface area contributed by atoms with Gasteiger partial charge in [-0.15, -0.1) is 0 Å². The van der Waals surface area contributed by atoms with E-state index in [0.717, 1.165) is 6.20 Å². The van der Waals surface area contributed by atoms with Crippen molar-refractivity contribution >= 4 is 5.91 Å². The molecule has 0 aromatic carbocycles. The number of hydrogen-bond acceptors (Lipinski definition) is 4. The number of pyridine rings is 1. The predicted octanol–water partition coefficient (Wildman–Crippen LogP) is 0.585. The van der Waals surface area contributed by atoms with Gasteiger partial charge < -0.3 is 9.64 Å². The third kappa shape index (κ3) is 2.40. The van der Waals surface area contributed by atoms with Crippen molar-refractivity contribution in [2.75, 3.05) is 19.7 Å². The largest absolute Gasteiger partial charge is 0.360 e. The number of aromatic nitrogens is 1. The van der Waals surface area contributed by atoms with E-state index >= 15 is 0 Å². The van der Waals surface area contributed by atoms with Crippen molar-refractivity contribution in [2.45, 2.75) is 6.10 Å². The van der Waals surface area contributed by atoms with Crippen LogP contribution in [0.15, 0.2) is 18.5 Å². The van der Waals surface area contributed by atoms with Crippen LogP contribution in [-0.2, 0) is 4.74 Å². The first kappa shape index (κ1) is 11.5. The maximum absolute atomic E-state index is 13.4. The first-order valence-corrected chi connectivity index (χ1v) is 5.12. The molecule has 88 valence electrons. The number of amides is 1. The zero-order valence-electron chi connectivity index (χ0n) is 8.97. The third-order valence-electron chi connectivity index (χ3n) is 2.50. The SMILES string of the molecule is N#CC1CN(C(=O)c2ccncc2F)CCO1. The minimum absolute atomic E-state index is 0.0291. The van der Waals surface area contributed by atoms with Crippen molar-refractivity contribution in [3.8, 4) is 6.07 Å². The van der Waals surface area contributed by atoms with Crippen LogP contribution in [0.1, 0.15) is 10.4 Å². The lowest BCUT2D eigenvalue weighted by Gasteiger charge is -2.29. The van der Waals surface area contributed by atoms with Gasteiger partial charge in [0, 0.05) is 12.7 Å². The van der Waals surface area contributed by atoms with Gasteiger partial charge in [-0.1, -0.05) is 0 Å². The average molecular weight is 235 g/mol. The quantitative estimate of drug-likeness (QED) is 0.714. The smallest absolute Gasteiger partial charge is 0.257 e. The fourth-order valence-corrected chi connectivity index (χ4v) is 1.63. The molecule has 0 radical (unpaired) electrons. The fraction of sp³-hybridized carbons (Fsp3) is 0.364. The van der Waals surface area contributed by atoms with Crippen LogP contribution >= 0.6 is 0 Å². The maximum atomic E-state index is 13.4. The van der Waals surface area contributed by atoms with E-state index in [4.69, 9.17) is 10.00 Å². The molecule has 17 heavy (non-hydrogen) atoms. The van der Waals surface area contributed by atoms with Crippen LogP contribution in [0.4, 0.5) is 4.39 Å². The van der Waals surface area contributed by atoms with E-state index < -0.39 is 17.8 Å². The van der Waals surface area contributed by atoms with Crippen LogP contribution in [0.2, 0.25) is 0 Å². The Labute approximate surface area is 97.4 Å². The summed E-state index contributed by atoms with van der Waals surface area (Å²) in [5, 5.41) is 8.72. The Morgan fingerprint density at radius 3 is 3.24 bits per heavy atom. The predicted molar refractivity (Wildman–Crippen MR) is 55.5 cm³/mol. The summed E-state index contributed by atoms with van der Waals surface area (Å²) in [6, 6.07) is 3.26. The van der Waals surface area contributed by atoms with E-state index in [1.54, 1.807) is 0 Å². The molecule has 1 atom stereocenters. The Hall–Kier alpha value is -2.00. The van der Waals surface area contributed by atoms with Crippen LogP contribution < -0.4 is 0 Å². The number of halogens is 1. The van der Waals surface area contributed by atoms with Crippen LogP contribution in [-0.4, -0.2) is 41.6 Å². The highest BCUT2D eigenvalue weighted by atomic mass is 19.1. The normalized spacial score (nSPS) is 19.8. The molecule has 1 aromatic rings. The molecule has 0 N–H and O–H groups in total. The van der Waals surface area contributed by atoms with E-state index in [1.165, 1.54) is 17.2 Å². The van der Waals surface area contributed by atoms with Crippen molar-refractivity contribution in [3.63, 3.8) is 0 Å². The molecule has 0 saturated carbocycles. The lowest BCUT2D eigenvalue weighted by molar-refractivity contribution is 0.00325. The highest BCUT2D eigenvalue weighted by Gasteiger charge is 2.26. The Morgan fingerprint density at radius 1 is 1.71 bits per heavy atom. The third-order valence-corrected chi connectivity index (χ3v) is 2.50. The standard InChI is InChI=1S/C11H10FN3O2/c12-10-6-14-2-1-9(10)11(16)15-3-4-17-8(5-13)7-15/h1-2,6,8H,3-4,7H2. The van der Waals surface area contributed by atoms with Crippen molar-refractivity contribution in [2.24, 2.45) is 0 Å². The molecule has 6 heteroatoms. The summed E-state index contributed by atoms with van der Waals surface area (Å²) in [5.74, 6) is -1.09. The first-order valence-electron chi connectivity index (χ1n) is 5.12. The zero-order chi connectivity index (χ0) is 12.3. The van der Waals surface area contributed by atoms with Crippen LogP contribution in [0.5, 0.6) is 0 Å². The van der Waals surface area contributed by atoms with Crippen LogP contribution in [0, 0.1) is 17.1 Å². The Balaban J connectivity index is 2.16. The Bertz CT molecular complexity index is 472. The lowest BCUT2D eigenvalue weighted by atomic mass is 10.2. The molecule has 1 unspecified atom stereocenters. The second kappa shape index (κ2) is 4.89. The molecule has 1 aromatic heterocycles. The van der Waals surface area contributed by atoms with Crippen molar-refractivity contribution in [1.82, 2.24) is 9.88 Å².